The van der Waals surface area contributed by atoms with Crippen LogP contribution in [-0.2, 0) is 9.59 Å². The van der Waals surface area contributed by atoms with Crippen molar-refractivity contribution < 1.29 is 9.59 Å². The monoisotopic (exact) mass is 300 g/mol. The first-order valence-electron chi connectivity index (χ1n) is 9.62. The maximum absolute atomic E-state index is 13.1. The van der Waals surface area contributed by atoms with E-state index in [2.05, 4.69) is 6.92 Å². The molecule has 5 aliphatic rings. The minimum Gasteiger partial charge on any atom is -0.299 e. The summed E-state index contributed by atoms with van der Waals surface area (Å²) in [5.74, 6) is 5.69. The Morgan fingerprint density at radius 3 is 2.50 bits per heavy atom. The molecule has 0 saturated heterocycles. The highest BCUT2D eigenvalue weighted by molar-refractivity contribution is 5.95. The van der Waals surface area contributed by atoms with Crippen molar-refractivity contribution in [3.8, 4) is 0 Å². The van der Waals surface area contributed by atoms with Crippen LogP contribution in [0.15, 0.2) is 0 Å². The summed E-state index contributed by atoms with van der Waals surface area (Å²) in [6.07, 6.45) is 10.4. The Balaban J connectivity index is 1.51. The van der Waals surface area contributed by atoms with Gasteiger partial charge in [-0.25, -0.2) is 0 Å². The molecule has 5 saturated carbocycles. The zero-order chi connectivity index (χ0) is 15.1. The van der Waals surface area contributed by atoms with Crippen LogP contribution in [-0.4, -0.2) is 11.6 Å². The van der Waals surface area contributed by atoms with Gasteiger partial charge in [-0.15, -0.1) is 0 Å². The molecule has 0 heterocycles. The van der Waals surface area contributed by atoms with Gasteiger partial charge in [0.2, 0.25) is 0 Å². The zero-order valence-corrected chi connectivity index (χ0v) is 13.7. The number of hydrogen-bond acceptors (Lipinski definition) is 2. The number of ketones is 2. The molecule has 22 heavy (non-hydrogen) atoms. The summed E-state index contributed by atoms with van der Waals surface area (Å²) in [6, 6.07) is 0. The second-order valence-corrected chi connectivity index (χ2v) is 9.48. The Morgan fingerprint density at radius 1 is 0.909 bits per heavy atom. The van der Waals surface area contributed by atoms with Gasteiger partial charge < -0.3 is 0 Å². The lowest BCUT2D eigenvalue weighted by atomic mass is 9.56. The van der Waals surface area contributed by atoms with Crippen LogP contribution < -0.4 is 0 Å². The fourth-order valence-corrected chi connectivity index (χ4v) is 7.26. The van der Waals surface area contributed by atoms with Gasteiger partial charge in [0.05, 0.1) is 0 Å². The van der Waals surface area contributed by atoms with Crippen LogP contribution in [0, 0.1) is 46.8 Å². The van der Waals surface area contributed by atoms with Crippen LogP contribution in [0.4, 0.5) is 0 Å². The second kappa shape index (κ2) is 4.45. The molecule has 5 aliphatic carbocycles. The Labute approximate surface area is 133 Å². The average molecular weight is 300 g/mol. The molecule has 0 aromatic rings. The molecular weight excluding hydrogens is 272 g/mol. The van der Waals surface area contributed by atoms with Crippen LogP contribution in [0.1, 0.15) is 64.7 Å². The molecular formula is C20H28O2. The van der Waals surface area contributed by atoms with Gasteiger partial charge in [-0.1, -0.05) is 13.3 Å². The minimum atomic E-state index is -0.297. The highest BCUT2D eigenvalue weighted by Gasteiger charge is 2.59. The summed E-state index contributed by atoms with van der Waals surface area (Å²) >= 11 is 0. The number of Topliss-reactive ketones (excluding diaryl/α,β-unsaturated/α-hetero) is 2. The lowest BCUT2D eigenvalue weighted by Gasteiger charge is -2.46. The largest absolute Gasteiger partial charge is 0.299 e. The molecule has 2 bridgehead atoms. The molecule has 5 fully saturated rings. The van der Waals surface area contributed by atoms with Gasteiger partial charge in [0.25, 0.3) is 0 Å². The fraction of sp³-hybridized carbons (Fsp3) is 0.900. The lowest BCUT2D eigenvalue weighted by Crippen LogP contribution is -2.48. The first kappa shape index (κ1) is 13.7. The van der Waals surface area contributed by atoms with E-state index in [1.54, 1.807) is 0 Å². The van der Waals surface area contributed by atoms with Gasteiger partial charge in [0.1, 0.15) is 11.6 Å². The van der Waals surface area contributed by atoms with Gasteiger partial charge >= 0.3 is 0 Å². The summed E-state index contributed by atoms with van der Waals surface area (Å²) in [6.45, 7) is 2.11. The lowest BCUT2D eigenvalue weighted by molar-refractivity contribution is -0.145. The summed E-state index contributed by atoms with van der Waals surface area (Å²) in [5, 5.41) is 0. The van der Waals surface area contributed by atoms with E-state index in [4.69, 9.17) is 0 Å². The average Bonchev–Trinajstić information content (AvgIpc) is 3.17. The molecule has 0 aromatic carbocycles. The van der Waals surface area contributed by atoms with E-state index >= 15 is 0 Å². The van der Waals surface area contributed by atoms with Crippen molar-refractivity contribution >= 4 is 11.6 Å². The van der Waals surface area contributed by atoms with E-state index in [1.807, 2.05) is 0 Å². The van der Waals surface area contributed by atoms with Gasteiger partial charge in [0.15, 0.2) is 0 Å². The Kier molecular flexibility index (Phi) is 2.78. The van der Waals surface area contributed by atoms with E-state index in [-0.39, 0.29) is 5.41 Å². The molecule has 0 spiro atoms. The van der Waals surface area contributed by atoms with Crippen molar-refractivity contribution in [2.75, 3.05) is 0 Å². The summed E-state index contributed by atoms with van der Waals surface area (Å²) in [7, 11) is 0. The zero-order valence-electron chi connectivity index (χ0n) is 13.7. The molecule has 5 rings (SSSR count). The summed E-state index contributed by atoms with van der Waals surface area (Å²) in [4.78, 5) is 25.5. The predicted molar refractivity (Wildman–Crippen MR) is 84.1 cm³/mol. The topological polar surface area (TPSA) is 34.1 Å². The SMILES string of the molecule is CC12CC(=O)[C@@H]3[C@H]4C[C@@H](CC[C@H]3[C@@H]1CCC2=O)C[C@@H]1C[C@@H]1C4. The predicted octanol–water partition coefficient (Wildman–Crippen LogP) is 4.02. The number of fused-ring (bicyclic) bond motifs is 7. The molecule has 8 atom stereocenters. The molecule has 0 aliphatic heterocycles. The van der Waals surface area contributed by atoms with Gasteiger partial charge in [-0.2, -0.15) is 0 Å². The third kappa shape index (κ3) is 1.79. The normalized spacial score (nSPS) is 56.5. The quantitative estimate of drug-likeness (QED) is 0.677. The third-order valence-corrected chi connectivity index (χ3v) is 8.39. The van der Waals surface area contributed by atoms with Crippen LogP contribution in [0.2, 0.25) is 0 Å². The van der Waals surface area contributed by atoms with Crippen molar-refractivity contribution in [1.82, 2.24) is 0 Å². The van der Waals surface area contributed by atoms with Gasteiger partial charge in [-0.3, -0.25) is 9.59 Å². The van der Waals surface area contributed by atoms with E-state index in [0.717, 1.165) is 30.6 Å². The molecule has 0 amide bonds. The Hall–Kier alpha value is -0.660. The van der Waals surface area contributed by atoms with Crippen molar-refractivity contribution in [2.45, 2.75) is 64.7 Å². The Morgan fingerprint density at radius 2 is 1.64 bits per heavy atom. The smallest absolute Gasteiger partial charge is 0.139 e. The Bertz CT molecular complexity index is 538. The maximum atomic E-state index is 13.1. The van der Waals surface area contributed by atoms with E-state index in [1.165, 1.54) is 38.5 Å². The van der Waals surface area contributed by atoms with Crippen LogP contribution >= 0.6 is 0 Å². The molecule has 1 unspecified atom stereocenters. The van der Waals surface area contributed by atoms with E-state index in [9.17, 15) is 9.59 Å². The maximum Gasteiger partial charge on any atom is 0.139 e. The van der Waals surface area contributed by atoms with Crippen LogP contribution in [0.3, 0.4) is 0 Å². The van der Waals surface area contributed by atoms with Crippen LogP contribution in [0.5, 0.6) is 0 Å². The molecule has 2 heteroatoms. The molecule has 0 radical (unpaired) electrons. The molecule has 0 N–H and O–H groups in total. The third-order valence-electron chi connectivity index (χ3n) is 8.39. The first-order chi connectivity index (χ1) is 10.6. The van der Waals surface area contributed by atoms with Gasteiger partial charge in [-0.05, 0) is 74.0 Å². The van der Waals surface area contributed by atoms with Crippen molar-refractivity contribution in [3.63, 3.8) is 0 Å². The minimum absolute atomic E-state index is 0.297. The number of hydrogen-bond donors (Lipinski definition) is 0. The number of carbonyl (C=O) groups excluding carboxylic acids is 2. The highest BCUT2D eigenvalue weighted by atomic mass is 16.1. The summed E-state index contributed by atoms with van der Waals surface area (Å²) < 4.78 is 0. The number of rotatable bonds is 0. The second-order valence-electron chi connectivity index (χ2n) is 9.48. The number of carbonyl (C=O) groups is 2. The van der Waals surface area contributed by atoms with Crippen molar-refractivity contribution in [1.29, 1.82) is 0 Å². The molecule has 120 valence electrons. The van der Waals surface area contributed by atoms with Gasteiger partial charge in [0, 0.05) is 24.2 Å². The highest BCUT2D eigenvalue weighted by Crippen LogP contribution is 2.61. The van der Waals surface area contributed by atoms with Crippen molar-refractivity contribution in [3.05, 3.63) is 0 Å². The molecule has 2 nitrogen and oxygen atoms in total. The standard InChI is InChI=1S/C20H28O2/c1-20-10-17(21)19-14-7-11(6-12-8-13(12)9-14)2-3-15(19)16(20)4-5-18(20)22/h11-16,19H,2-10H2,1H3/t11-,12+,13+,14-,15-,16-,19+,20?/m0/s1. The van der Waals surface area contributed by atoms with E-state index < -0.39 is 0 Å². The van der Waals surface area contributed by atoms with Crippen LogP contribution in [0.25, 0.3) is 0 Å². The fourth-order valence-electron chi connectivity index (χ4n) is 7.26. The van der Waals surface area contributed by atoms with Crippen molar-refractivity contribution in [2.24, 2.45) is 46.8 Å². The first-order valence-corrected chi connectivity index (χ1v) is 9.62. The molecule has 0 aromatic heterocycles. The summed E-state index contributed by atoms with van der Waals surface area (Å²) in [5.41, 5.74) is -0.297. The van der Waals surface area contributed by atoms with E-state index in [0.29, 0.717) is 41.7 Å².